The smallest absolute Gasteiger partial charge is 0.356 e. The molecule has 0 aliphatic carbocycles. The zero-order chi connectivity index (χ0) is 10.1. The van der Waals surface area contributed by atoms with Crippen LogP contribution in [0.25, 0.3) is 10.9 Å². The van der Waals surface area contributed by atoms with Gasteiger partial charge in [-0.05, 0) is 12.1 Å². The maximum Gasteiger partial charge on any atom is 0.356 e. The molecule has 0 aliphatic rings. The lowest BCUT2D eigenvalue weighted by Gasteiger charge is -1.98. The topological polar surface area (TPSA) is 31.2 Å². The molecular weight excluding hydrogens is 202 g/mol. The van der Waals surface area contributed by atoms with Crippen molar-refractivity contribution >= 4 is 28.6 Å². The number of rotatable bonds is 1. The van der Waals surface area contributed by atoms with E-state index in [1.807, 2.05) is 24.3 Å². The largest absolute Gasteiger partial charge is 0.464 e. The van der Waals surface area contributed by atoms with Gasteiger partial charge in [0.05, 0.1) is 12.6 Å². The first-order valence-electron chi connectivity index (χ1n) is 4.09. The summed E-state index contributed by atoms with van der Waals surface area (Å²) in [6, 6.07) is 9.19. The number of para-hydroxylation sites is 1. The van der Waals surface area contributed by atoms with Crippen molar-refractivity contribution in [2.75, 3.05) is 7.11 Å². The van der Waals surface area contributed by atoms with E-state index in [1.165, 1.54) is 11.2 Å². The van der Waals surface area contributed by atoms with Gasteiger partial charge >= 0.3 is 5.97 Å². The van der Waals surface area contributed by atoms with Crippen molar-refractivity contribution in [1.29, 1.82) is 0 Å². The zero-order valence-electron chi connectivity index (χ0n) is 7.53. The fourth-order valence-corrected chi connectivity index (χ4v) is 1.64. The molecule has 0 bridgehead atoms. The lowest BCUT2D eigenvalue weighted by Crippen LogP contribution is -2.04. The molecule has 72 valence electrons. The van der Waals surface area contributed by atoms with E-state index in [1.54, 1.807) is 6.07 Å². The van der Waals surface area contributed by atoms with Crippen LogP contribution >= 0.6 is 11.8 Å². The van der Waals surface area contributed by atoms with Crippen LogP contribution in [0.1, 0.15) is 10.5 Å². The summed E-state index contributed by atoms with van der Waals surface area (Å²) in [5.74, 6) is -0.434. The average Bonchev–Trinajstić information content (AvgIpc) is 2.56. The van der Waals surface area contributed by atoms with Gasteiger partial charge in [-0.25, -0.2) is 8.88 Å². The first-order valence-corrected chi connectivity index (χ1v) is 4.43. The number of aromatic nitrogens is 1. The highest BCUT2D eigenvalue weighted by Crippen LogP contribution is 2.21. The van der Waals surface area contributed by atoms with Crippen molar-refractivity contribution < 1.29 is 9.53 Å². The van der Waals surface area contributed by atoms with E-state index in [4.69, 9.17) is 11.8 Å². The standard InChI is InChI=1S/C10H8ClNO2/c1-14-10(13)9-6-7-4-2-3-5-8(7)12(9)11/h2-6H,1H3. The van der Waals surface area contributed by atoms with E-state index in [0.717, 1.165) is 10.9 Å². The SMILES string of the molecule is COC(=O)c1cc2ccccc2n1Cl. The van der Waals surface area contributed by atoms with Crippen molar-refractivity contribution in [2.45, 2.75) is 0 Å². The van der Waals surface area contributed by atoms with Crippen LogP contribution in [-0.2, 0) is 4.74 Å². The molecule has 1 aromatic carbocycles. The highest BCUT2D eigenvalue weighted by molar-refractivity contribution is 6.22. The Labute approximate surface area is 86.0 Å². The first kappa shape index (κ1) is 9.09. The number of esters is 1. The van der Waals surface area contributed by atoms with Gasteiger partial charge in [-0.15, -0.1) is 0 Å². The van der Waals surface area contributed by atoms with Crippen molar-refractivity contribution in [3.05, 3.63) is 36.0 Å². The molecule has 0 radical (unpaired) electrons. The number of hydrogen-bond acceptors (Lipinski definition) is 2. The maximum atomic E-state index is 11.3. The third kappa shape index (κ3) is 1.26. The molecule has 1 heterocycles. The van der Waals surface area contributed by atoms with Gasteiger partial charge in [0.1, 0.15) is 5.69 Å². The predicted octanol–water partition coefficient (Wildman–Crippen LogP) is 2.43. The Hall–Kier alpha value is -1.48. The molecule has 2 rings (SSSR count). The van der Waals surface area contributed by atoms with Crippen LogP contribution in [0.2, 0.25) is 0 Å². The van der Waals surface area contributed by atoms with E-state index >= 15 is 0 Å². The number of hydrogen-bond donors (Lipinski definition) is 0. The summed E-state index contributed by atoms with van der Waals surface area (Å²) in [7, 11) is 1.33. The number of carbonyl (C=O) groups is 1. The van der Waals surface area contributed by atoms with Crippen LogP contribution in [-0.4, -0.2) is 17.2 Å². The third-order valence-electron chi connectivity index (χ3n) is 2.05. The number of halogens is 1. The Kier molecular flexibility index (Phi) is 2.17. The summed E-state index contributed by atoms with van der Waals surface area (Å²) in [6.07, 6.45) is 0. The lowest BCUT2D eigenvalue weighted by atomic mass is 10.2. The average molecular weight is 210 g/mol. The Morgan fingerprint density at radius 3 is 2.79 bits per heavy atom. The maximum absolute atomic E-state index is 11.3. The van der Waals surface area contributed by atoms with Crippen molar-refractivity contribution in [2.24, 2.45) is 0 Å². The molecule has 2 aromatic rings. The number of nitrogens with zero attached hydrogens (tertiary/aromatic N) is 1. The third-order valence-corrected chi connectivity index (χ3v) is 2.41. The minimum absolute atomic E-state index is 0.343. The number of fused-ring (bicyclic) bond motifs is 1. The van der Waals surface area contributed by atoms with E-state index in [0.29, 0.717) is 5.69 Å². The second-order valence-electron chi connectivity index (χ2n) is 2.86. The number of ether oxygens (including phenoxy) is 1. The van der Waals surface area contributed by atoms with Gasteiger partial charge in [-0.1, -0.05) is 18.2 Å². The fourth-order valence-electron chi connectivity index (χ4n) is 1.37. The van der Waals surface area contributed by atoms with Crippen LogP contribution in [0.3, 0.4) is 0 Å². The van der Waals surface area contributed by atoms with Gasteiger partial charge in [-0.3, -0.25) is 0 Å². The molecule has 0 amide bonds. The number of benzene rings is 1. The summed E-state index contributed by atoms with van der Waals surface area (Å²) in [5.41, 5.74) is 1.14. The van der Waals surface area contributed by atoms with Gasteiger partial charge in [0.15, 0.2) is 0 Å². The fraction of sp³-hybridized carbons (Fsp3) is 0.100. The van der Waals surface area contributed by atoms with Gasteiger partial charge in [0.25, 0.3) is 0 Å². The van der Waals surface area contributed by atoms with Gasteiger partial charge in [0, 0.05) is 17.2 Å². The minimum atomic E-state index is -0.434. The van der Waals surface area contributed by atoms with Crippen LogP contribution in [0.15, 0.2) is 30.3 Å². The predicted molar refractivity (Wildman–Crippen MR) is 54.5 cm³/mol. The summed E-state index contributed by atoms with van der Waals surface area (Å²) in [5, 5.41) is 0.919. The summed E-state index contributed by atoms with van der Waals surface area (Å²) in [4.78, 5) is 11.3. The zero-order valence-corrected chi connectivity index (χ0v) is 8.28. The van der Waals surface area contributed by atoms with Crippen molar-refractivity contribution in [3.8, 4) is 0 Å². The molecule has 0 fully saturated rings. The second kappa shape index (κ2) is 3.35. The summed E-state index contributed by atoms with van der Waals surface area (Å²) >= 11 is 5.95. The van der Waals surface area contributed by atoms with Gasteiger partial charge in [0.2, 0.25) is 0 Å². The summed E-state index contributed by atoms with van der Waals surface area (Å²) < 4.78 is 5.91. The Balaban J connectivity index is 2.68. The van der Waals surface area contributed by atoms with Gasteiger partial charge in [-0.2, -0.15) is 0 Å². The van der Waals surface area contributed by atoms with E-state index < -0.39 is 5.97 Å². The lowest BCUT2D eigenvalue weighted by molar-refractivity contribution is 0.0593. The number of methoxy groups -OCH3 is 1. The minimum Gasteiger partial charge on any atom is -0.464 e. The molecule has 0 N–H and O–H groups in total. The van der Waals surface area contributed by atoms with Crippen LogP contribution < -0.4 is 0 Å². The summed E-state index contributed by atoms with van der Waals surface area (Å²) in [6.45, 7) is 0. The molecule has 0 atom stereocenters. The van der Waals surface area contributed by atoms with E-state index in [9.17, 15) is 4.79 Å². The van der Waals surface area contributed by atoms with Crippen LogP contribution in [0.5, 0.6) is 0 Å². The second-order valence-corrected chi connectivity index (χ2v) is 3.20. The molecular formula is C10H8ClNO2. The highest BCUT2D eigenvalue weighted by atomic mass is 35.5. The Bertz CT molecular complexity index is 490. The molecule has 0 unspecified atom stereocenters. The van der Waals surface area contributed by atoms with Crippen molar-refractivity contribution in [3.63, 3.8) is 0 Å². The molecule has 0 aliphatic heterocycles. The first-order chi connectivity index (χ1) is 6.74. The molecule has 0 saturated carbocycles. The van der Waals surface area contributed by atoms with Crippen LogP contribution in [0.4, 0.5) is 0 Å². The highest BCUT2D eigenvalue weighted by Gasteiger charge is 2.13. The quantitative estimate of drug-likeness (QED) is 0.676. The normalized spacial score (nSPS) is 10.4. The van der Waals surface area contributed by atoms with Gasteiger partial charge < -0.3 is 4.74 Å². The molecule has 14 heavy (non-hydrogen) atoms. The van der Waals surface area contributed by atoms with E-state index in [2.05, 4.69) is 4.74 Å². The Morgan fingerprint density at radius 2 is 2.14 bits per heavy atom. The molecule has 1 aromatic heterocycles. The number of carbonyl (C=O) groups excluding carboxylic acids is 1. The molecule has 0 saturated heterocycles. The van der Waals surface area contributed by atoms with E-state index in [-0.39, 0.29) is 0 Å². The van der Waals surface area contributed by atoms with Crippen LogP contribution in [0, 0.1) is 0 Å². The molecule has 0 spiro atoms. The molecule has 3 nitrogen and oxygen atoms in total. The molecule has 4 heteroatoms. The van der Waals surface area contributed by atoms with Crippen molar-refractivity contribution in [1.82, 2.24) is 4.09 Å². The Morgan fingerprint density at radius 1 is 1.43 bits per heavy atom. The monoisotopic (exact) mass is 209 g/mol.